The molecule has 1 heterocycles. The summed E-state index contributed by atoms with van der Waals surface area (Å²) < 4.78 is 0. The van der Waals surface area contributed by atoms with E-state index in [0.717, 1.165) is 24.1 Å². The molecule has 0 radical (unpaired) electrons. The van der Waals surface area contributed by atoms with Crippen LogP contribution in [-0.2, 0) is 4.79 Å². The molecule has 0 spiro atoms. The first kappa shape index (κ1) is 9.59. The van der Waals surface area contributed by atoms with Crippen LogP contribution in [0.5, 0.6) is 0 Å². The van der Waals surface area contributed by atoms with Gasteiger partial charge in [-0.05, 0) is 24.3 Å². The van der Waals surface area contributed by atoms with Gasteiger partial charge in [0.25, 0.3) is 0 Å². The normalized spacial score (nSPS) is 22.3. The Morgan fingerprint density at radius 2 is 2.29 bits per heavy atom. The maximum Gasteiger partial charge on any atom is 0.183 e. The first-order chi connectivity index (χ1) is 6.79. The summed E-state index contributed by atoms with van der Waals surface area (Å²) in [6.07, 6.45) is 3.29. The zero-order valence-electron chi connectivity index (χ0n) is 7.86. The van der Waals surface area contributed by atoms with E-state index in [-0.39, 0.29) is 17.5 Å². The van der Waals surface area contributed by atoms with Gasteiger partial charge >= 0.3 is 0 Å². The molecular weight excluding hydrogens is 196 g/mol. The molecule has 0 N–H and O–H groups in total. The highest BCUT2D eigenvalue weighted by Crippen LogP contribution is 2.25. The largest absolute Gasteiger partial charge is 0.299 e. The van der Waals surface area contributed by atoms with Gasteiger partial charge < -0.3 is 0 Å². The SMILES string of the molecule is O=C1CCCC[C@@H]1C(=O)c1cccs1. The summed E-state index contributed by atoms with van der Waals surface area (Å²) >= 11 is 1.42. The van der Waals surface area contributed by atoms with Crippen molar-refractivity contribution in [3.8, 4) is 0 Å². The molecule has 1 aliphatic rings. The number of hydrogen-bond acceptors (Lipinski definition) is 3. The van der Waals surface area contributed by atoms with Crippen LogP contribution in [0.2, 0.25) is 0 Å². The van der Waals surface area contributed by atoms with Crippen LogP contribution in [0.3, 0.4) is 0 Å². The molecule has 1 aliphatic carbocycles. The lowest BCUT2D eigenvalue weighted by atomic mass is 9.84. The number of ketones is 2. The molecule has 2 rings (SSSR count). The lowest BCUT2D eigenvalue weighted by molar-refractivity contribution is -0.122. The summed E-state index contributed by atoms with van der Waals surface area (Å²) in [4.78, 5) is 24.1. The van der Waals surface area contributed by atoms with Crippen molar-refractivity contribution in [3.05, 3.63) is 22.4 Å². The van der Waals surface area contributed by atoms with Crippen molar-refractivity contribution in [2.24, 2.45) is 5.92 Å². The summed E-state index contributed by atoms with van der Waals surface area (Å²) in [6, 6.07) is 3.65. The van der Waals surface area contributed by atoms with Crippen LogP contribution >= 0.6 is 11.3 Å². The molecule has 0 aromatic carbocycles. The van der Waals surface area contributed by atoms with E-state index in [2.05, 4.69) is 0 Å². The van der Waals surface area contributed by atoms with E-state index < -0.39 is 0 Å². The standard InChI is InChI=1S/C11H12O2S/c12-9-5-2-1-4-8(9)11(13)10-6-3-7-14-10/h3,6-8H,1-2,4-5H2/t8-/m0/s1. The van der Waals surface area contributed by atoms with E-state index in [0.29, 0.717) is 6.42 Å². The fourth-order valence-electron chi connectivity index (χ4n) is 1.85. The van der Waals surface area contributed by atoms with Crippen LogP contribution in [0.15, 0.2) is 17.5 Å². The summed E-state index contributed by atoms with van der Waals surface area (Å²) in [5.41, 5.74) is 0. The minimum atomic E-state index is -0.345. The fraction of sp³-hybridized carbons (Fsp3) is 0.455. The van der Waals surface area contributed by atoms with E-state index in [4.69, 9.17) is 0 Å². The lowest BCUT2D eigenvalue weighted by Crippen LogP contribution is -2.26. The number of hydrogen-bond donors (Lipinski definition) is 0. The van der Waals surface area contributed by atoms with E-state index >= 15 is 0 Å². The average molecular weight is 208 g/mol. The molecule has 2 nitrogen and oxygen atoms in total. The second kappa shape index (κ2) is 4.05. The summed E-state index contributed by atoms with van der Waals surface area (Å²) in [7, 11) is 0. The van der Waals surface area contributed by atoms with Gasteiger partial charge in [0, 0.05) is 6.42 Å². The average Bonchev–Trinajstić information content (AvgIpc) is 2.70. The molecule has 1 aromatic rings. The van der Waals surface area contributed by atoms with Gasteiger partial charge in [0.2, 0.25) is 0 Å². The van der Waals surface area contributed by atoms with Crippen molar-refractivity contribution in [1.82, 2.24) is 0 Å². The lowest BCUT2D eigenvalue weighted by Gasteiger charge is -2.18. The predicted octanol–water partition coefficient (Wildman–Crippen LogP) is 2.69. The molecule has 3 heteroatoms. The molecule has 0 amide bonds. The molecule has 14 heavy (non-hydrogen) atoms. The molecule has 1 fully saturated rings. The van der Waals surface area contributed by atoms with Gasteiger partial charge in [0.15, 0.2) is 5.78 Å². The van der Waals surface area contributed by atoms with Gasteiger partial charge in [0.05, 0.1) is 10.8 Å². The summed E-state index contributed by atoms with van der Waals surface area (Å²) in [5, 5.41) is 1.88. The second-order valence-corrected chi connectivity index (χ2v) is 4.55. The van der Waals surface area contributed by atoms with Crippen LogP contribution < -0.4 is 0 Å². The van der Waals surface area contributed by atoms with Gasteiger partial charge in [-0.2, -0.15) is 0 Å². The van der Waals surface area contributed by atoms with E-state index in [9.17, 15) is 9.59 Å². The van der Waals surface area contributed by atoms with Crippen molar-refractivity contribution in [2.75, 3.05) is 0 Å². The Bertz CT molecular complexity index is 340. The molecule has 74 valence electrons. The van der Waals surface area contributed by atoms with Gasteiger partial charge in [-0.25, -0.2) is 0 Å². The molecule has 1 aromatic heterocycles. The molecule has 1 atom stereocenters. The Balaban J connectivity index is 2.14. The number of rotatable bonds is 2. The Kier molecular flexibility index (Phi) is 2.77. The van der Waals surface area contributed by atoms with Gasteiger partial charge in [-0.1, -0.05) is 12.5 Å². The molecular formula is C11H12O2S. The van der Waals surface area contributed by atoms with Crippen molar-refractivity contribution in [2.45, 2.75) is 25.7 Å². The van der Waals surface area contributed by atoms with Crippen LogP contribution in [0.4, 0.5) is 0 Å². The fourth-order valence-corrected chi connectivity index (χ4v) is 2.57. The smallest absolute Gasteiger partial charge is 0.183 e. The second-order valence-electron chi connectivity index (χ2n) is 3.61. The quantitative estimate of drug-likeness (QED) is 0.553. The number of carbonyl (C=O) groups excluding carboxylic acids is 2. The van der Waals surface area contributed by atoms with Crippen molar-refractivity contribution in [1.29, 1.82) is 0 Å². The third-order valence-electron chi connectivity index (χ3n) is 2.64. The van der Waals surface area contributed by atoms with E-state index in [1.54, 1.807) is 6.07 Å². The highest BCUT2D eigenvalue weighted by atomic mass is 32.1. The third kappa shape index (κ3) is 1.77. The molecule has 0 saturated heterocycles. The van der Waals surface area contributed by atoms with Crippen LogP contribution in [0, 0.1) is 5.92 Å². The summed E-state index contributed by atoms with van der Waals surface area (Å²) in [5.74, 6) is -0.179. The highest BCUT2D eigenvalue weighted by Gasteiger charge is 2.29. The Morgan fingerprint density at radius 1 is 1.43 bits per heavy atom. The first-order valence-electron chi connectivity index (χ1n) is 4.89. The van der Waals surface area contributed by atoms with Crippen LogP contribution in [-0.4, -0.2) is 11.6 Å². The predicted molar refractivity (Wildman–Crippen MR) is 55.6 cm³/mol. The van der Waals surface area contributed by atoms with Gasteiger partial charge in [-0.3, -0.25) is 9.59 Å². The van der Waals surface area contributed by atoms with Crippen molar-refractivity contribution in [3.63, 3.8) is 0 Å². The zero-order chi connectivity index (χ0) is 9.97. The van der Waals surface area contributed by atoms with E-state index in [1.807, 2.05) is 11.4 Å². The maximum absolute atomic E-state index is 11.9. The minimum Gasteiger partial charge on any atom is -0.299 e. The molecule has 0 bridgehead atoms. The molecule has 1 saturated carbocycles. The van der Waals surface area contributed by atoms with Crippen molar-refractivity contribution >= 4 is 22.9 Å². The molecule has 0 unspecified atom stereocenters. The number of carbonyl (C=O) groups is 2. The van der Waals surface area contributed by atoms with E-state index in [1.165, 1.54) is 11.3 Å². The third-order valence-corrected chi connectivity index (χ3v) is 3.52. The summed E-state index contributed by atoms with van der Waals surface area (Å²) in [6.45, 7) is 0. The van der Waals surface area contributed by atoms with Crippen LogP contribution in [0.1, 0.15) is 35.4 Å². The molecule has 0 aliphatic heterocycles. The van der Waals surface area contributed by atoms with Gasteiger partial charge in [-0.15, -0.1) is 11.3 Å². The monoisotopic (exact) mass is 208 g/mol. The first-order valence-corrected chi connectivity index (χ1v) is 5.77. The Morgan fingerprint density at radius 3 is 2.93 bits per heavy atom. The highest BCUT2D eigenvalue weighted by molar-refractivity contribution is 7.12. The Labute approximate surface area is 86.9 Å². The zero-order valence-corrected chi connectivity index (χ0v) is 8.68. The maximum atomic E-state index is 11.9. The van der Waals surface area contributed by atoms with Crippen molar-refractivity contribution < 1.29 is 9.59 Å². The minimum absolute atomic E-state index is 0.0321. The van der Waals surface area contributed by atoms with Gasteiger partial charge in [0.1, 0.15) is 5.78 Å². The number of Topliss-reactive ketones (excluding diaryl/α,β-unsaturated/α-hetero) is 2. The van der Waals surface area contributed by atoms with Crippen LogP contribution in [0.25, 0.3) is 0 Å². The Hall–Kier alpha value is -0.960. The number of thiophene rings is 1. The topological polar surface area (TPSA) is 34.1 Å².